The fourth-order valence-corrected chi connectivity index (χ4v) is 5.02. The van der Waals surface area contributed by atoms with E-state index in [0.29, 0.717) is 0 Å². The molecule has 1 aliphatic rings. The average molecular weight is 469 g/mol. The Hall–Kier alpha value is -2.08. The Morgan fingerprint density at radius 3 is 2.33 bits per heavy atom. The van der Waals surface area contributed by atoms with Crippen LogP contribution in [0.2, 0.25) is 0 Å². The van der Waals surface area contributed by atoms with Crippen molar-refractivity contribution in [3.63, 3.8) is 0 Å². The third-order valence-electron chi connectivity index (χ3n) is 5.57. The van der Waals surface area contributed by atoms with Gasteiger partial charge in [0.05, 0.1) is 0 Å². The molecular formula is C26H20Cl2CrN. The van der Waals surface area contributed by atoms with Crippen LogP contribution in [0, 0.1) is 0 Å². The van der Waals surface area contributed by atoms with Crippen LogP contribution in [-0.4, -0.2) is 4.98 Å². The summed E-state index contributed by atoms with van der Waals surface area (Å²) < 4.78 is -0.148. The molecule has 0 bridgehead atoms. The van der Waals surface area contributed by atoms with E-state index in [4.69, 9.17) is 0 Å². The van der Waals surface area contributed by atoms with E-state index in [1.807, 2.05) is 12.3 Å². The van der Waals surface area contributed by atoms with Gasteiger partial charge in [0.15, 0.2) is 0 Å². The van der Waals surface area contributed by atoms with Gasteiger partial charge in [-0.05, 0) is 0 Å². The van der Waals surface area contributed by atoms with Gasteiger partial charge in [0.25, 0.3) is 0 Å². The van der Waals surface area contributed by atoms with Crippen LogP contribution in [0.5, 0.6) is 0 Å². The number of benzene rings is 3. The summed E-state index contributed by atoms with van der Waals surface area (Å²) in [6, 6.07) is 30.2. The molecule has 3 aromatic carbocycles. The zero-order valence-electron chi connectivity index (χ0n) is 16.3. The summed E-state index contributed by atoms with van der Waals surface area (Å²) in [4.78, 5) is 4.56. The quantitative estimate of drug-likeness (QED) is 0.406. The SMILES string of the molecule is [Cl-].[Cl-].[Cr+2][C]1(Cc2ccccn2)C=C(Cc2cccc3ccccc23)c2ccccc21. The molecule has 1 aliphatic carbocycles. The third-order valence-corrected chi connectivity index (χ3v) is 6.32. The summed E-state index contributed by atoms with van der Waals surface area (Å²) in [5.74, 6) is 0. The molecule has 149 valence electrons. The van der Waals surface area contributed by atoms with Crippen LogP contribution in [0.4, 0.5) is 0 Å². The van der Waals surface area contributed by atoms with Gasteiger partial charge in [-0.2, -0.15) is 0 Å². The van der Waals surface area contributed by atoms with Gasteiger partial charge in [-0.25, -0.2) is 0 Å². The monoisotopic (exact) mass is 468 g/mol. The van der Waals surface area contributed by atoms with E-state index >= 15 is 0 Å². The predicted molar refractivity (Wildman–Crippen MR) is 112 cm³/mol. The maximum absolute atomic E-state index is 4.56. The summed E-state index contributed by atoms with van der Waals surface area (Å²) in [6.07, 6.45) is 6.10. The molecule has 30 heavy (non-hydrogen) atoms. The standard InChI is InChI=1S/C26H20N.2ClH.Cr/c1-2-12-24-19(8-1)9-7-10-20(24)16-21-17-22(18-23-11-5-6-15-27-23)26-14-4-3-13-25(21)26;;;/h1-15,17H,16,18H2;2*1H;/q;;;+2/p-2. The van der Waals surface area contributed by atoms with Crippen molar-refractivity contribution in [3.05, 3.63) is 120 Å². The normalized spacial score (nSPS) is 16.8. The Morgan fingerprint density at radius 1 is 0.767 bits per heavy atom. The van der Waals surface area contributed by atoms with Crippen molar-refractivity contribution >= 4 is 16.3 Å². The number of hydrogen-bond acceptors (Lipinski definition) is 1. The Morgan fingerprint density at radius 2 is 1.50 bits per heavy atom. The number of aromatic nitrogens is 1. The minimum absolute atomic E-state index is 0. The number of nitrogens with zero attached hydrogens (tertiary/aromatic N) is 1. The molecule has 0 amide bonds. The molecule has 0 N–H and O–H groups in total. The molecular weight excluding hydrogens is 449 g/mol. The van der Waals surface area contributed by atoms with Crippen molar-refractivity contribution in [1.82, 2.24) is 4.98 Å². The Kier molecular flexibility index (Phi) is 7.07. The van der Waals surface area contributed by atoms with Gasteiger partial charge in [-0.1, -0.05) is 0 Å². The third kappa shape index (κ3) is 4.20. The van der Waals surface area contributed by atoms with Crippen molar-refractivity contribution in [3.8, 4) is 0 Å². The number of hydrogen-bond donors (Lipinski definition) is 0. The zero-order valence-corrected chi connectivity index (χ0v) is 19.1. The van der Waals surface area contributed by atoms with Crippen LogP contribution in [0.3, 0.4) is 0 Å². The fourth-order valence-electron chi connectivity index (χ4n) is 4.29. The van der Waals surface area contributed by atoms with E-state index < -0.39 is 0 Å². The average Bonchev–Trinajstić information content (AvgIpc) is 3.01. The first-order valence-corrected chi connectivity index (χ1v) is 10.3. The van der Waals surface area contributed by atoms with Crippen molar-refractivity contribution in [2.75, 3.05) is 0 Å². The summed E-state index contributed by atoms with van der Waals surface area (Å²) in [7, 11) is 0. The number of rotatable bonds is 4. The molecule has 1 nitrogen and oxygen atoms in total. The number of halogens is 2. The van der Waals surface area contributed by atoms with Gasteiger partial charge in [0, 0.05) is 0 Å². The van der Waals surface area contributed by atoms with Crippen LogP contribution in [-0.2, 0) is 33.4 Å². The van der Waals surface area contributed by atoms with Crippen molar-refractivity contribution < 1.29 is 41.1 Å². The maximum atomic E-state index is 4.56. The van der Waals surface area contributed by atoms with E-state index in [2.05, 4.69) is 106 Å². The summed E-state index contributed by atoms with van der Waals surface area (Å²) in [5.41, 5.74) is 6.59. The Balaban J connectivity index is 0.00000128. The minimum atomic E-state index is -0.148. The topological polar surface area (TPSA) is 12.9 Å². The van der Waals surface area contributed by atoms with E-state index in [1.54, 1.807) is 0 Å². The van der Waals surface area contributed by atoms with Crippen LogP contribution in [0.15, 0.2) is 97.2 Å². The Labute approximate surface area is 198 Å². The summed E-state index contributed by atoms with van der Waals surface area (Å²) >= 11 is 3.49. The molecule has 1 heterocycles. The van der Waals surface area contributed by atoms with Crippen LogP contribution in [0.1, 0.15) is 22.4 Å². The van der Waals surface area contributed by atoms with Crippen molar-refractivity contribution in [1.29, 1.82) is 0 Å². The van der Waals surface area contributed by atoms with Crippen molar-refractivity contribution in [2.45, 2.75) is 17.1 Å². The molecule has 1 unspecified atom stereocenters. The molecule has 4 heteroatoms. The predicted octanol–water partition coefficient (Wildman–Crippen LogP) is -0.133. The van der Waals surface area contributed by atoms with Crippen molar-refractivity contribution in [2.24, 2.45) is 0 Å². The second-order valence-corrected chi connectivity index (χ2v) is 8.56. The first kappa shape index (κ1) is 22.6. The second-order valence-electron chi connectivity index (χ2n) is 7.42. The zero-order chi connectivity index (χ0) is 19.0. The van der Waals surface area contributed by atoms with E-state index in [1.165, 1.54) is 33.0 Å². The summed E-state index contributed by atoms with van der Waals surface area (Å²) in [6.45, 7) is 0. The van der Waals surface area contributed by atoms with E-state index in [0.717, 1.165) is 18.5 Å². The first-order chi connectivity index (χ1) is 13.7. The first-order valence-electron chi connectivity index (χ1n) is 9.61. The van der Waals surface area contributed by atoms with Gasteiger partial charge in [0.2, 0.25) is 0 Å². The molecule has 0 saturated carbocycles. The van der Waals surface area contributed by atoms with Gasteiger partial charge in [-0.15, -0.1) is 0 Å². The van der Waals surface area contributed by atoms with Gasteiger partial charge < -0.3 is 24.8 Å². The molecule has 0 fully saturated rings. The number of pyridine rings is 1. The van der Waals surface area contributed by atoms with Crippen LogP contribution >= 0.6 is 0 Å². The van der Waals surface area contributed by atoms with Crippen LogP contribution < -0.4 is 24.8 Å². The van der Waals surface area contributed by atoms with E-state index in [9.17, 15) is 0 Å². The summed E-state index contributed by atoms with van der Waals surface area (Å²) in [5, 5.41) is 2.64. The molecule has 0 spiro atoms. The Bertz CT molecular complexity index is 1180. The molecule has 0 radical (unpaired) electrons. The molecule has 1 atom stereocenters. The van der Waals surface area contributed by atoms with E-state index in [-0.39, 0.29) is 29.1 Å². The van der Waals surface area contributed by atoms with Gasteiger partial charge in [-0.3, -0.25) is 0 Å². The molecule has 0 saturated heterocycles. The molecule has 1 aromatic heterocycles. The number of fused-ring (bicyclic) bond motifs is 2. The molecule has 0 aliphatic heterocycles. The fraction of sp³-hybridized carbons (Fsp3) is 0.115. The van der Waals surface area contributed by atoms with Gasteiger partial charge in [0.1, 0.15) is 0 Å². The molecule has 5 rings (SSSR count). The molecule has 4 aromatic rings. The number of allylic oxidation sites excluding steroid dienone is 2. The van der Waals surface area contributed by atoms with Gasteiger partial charge >= 0.3 is 174 Å². The second kappa shape index (κ2) is 9.38. The van der Waals surface area contributed by atoms with Crippen LogP contribution in [0.25, 0.3) is 16.3 Å².